The Kier molecular flexibility index (Phi) is 3.66. The molecular weight excluding hydrogens is 126 g/mol. The second kappa shape index (κ2) is 4.33. The van der Waals surface area contributed by atoms with Crippen molar-refractivity contribution in [3.63, 3.8) is 0 Å². The fraction of sp³-hybridized carbons (Fsp3) is 0.143. The molecule has 0 radical (unpaired) electrons. The fourth-order valence-electron chi connectivity index (χ4n) is 0.587. The molecule has 0 heterocycles. The van der Waals surface area contributed by atoms with Crippen molar-refractivity contribution < 1.29 is 0 Å². The molecule has 10 heavy (non-hydrogen) atoms. The SMILES string of the molecule is Cc1ccccc1N.N#N. The zero-order valence-electron chi connectivity index (χ0n) is 5.78. The van der Waals surface area contributed by atoms with E-state index in [0.717, 1.165) is 11.3 Å². The lowest BCUT2D eigenvalue weighted by Crippen LogP contribution is -1.85. The maximum Gasteiger partial charge on any atom is 0.0343 e. The standard InChI is InChI=1S/C7H9N.N2/c1-6-4-2-3-5-7(6)8;1-2/h2-5H,8H2,1H3;. The van der Waals surface area contributed by atoms with Gasteiger partial charge in [-0.05, 0) is 18.6 Å². The van der Waals surface area contributed by atoms with Crippen molar-refractivity contribution in [1.82, 2.24) is 0 Å². The highest BCUT2D eigenvalue weighted by Gasteiger charge is 1.84. The number of benzene rings is 1. The molecule has 0 aliphatic carbocycles. The van der Waals surface area contributed by atoms with Crippen LogP contribution < -0.4 is 5.73 Å². The van der Waals surface area contributed by atoms with E-state index in [-0.39, 0.29) is 0 Å². The zero-order valence-corrected chi connectivity index (χ0v) is 5.78. The third-order valence-electron chi connectivity index (χ3n) is 1.19. The molecule has 0 spiro atoms. The van der Waals surface area contributed by atoms with Crippen LogP contribution in [-0.2, 0) is 0 Å². The topological polar surface area (TPSA) is 73.6 Å². The van der Waals surface area contributed by atoms with E-state index >= 15 is 0 Å². The van der Waals surface area contributed by atoms with E-state index in [0.29, 0.717) is 0 Å². The lowest BCUT2D eigenvalue weighted by molar-refractivity contribution is 1.15. The summed E-state index contributed by atoms with van der Waals surface area (Å²) in [5.74, 6) is 0. The summed E-state index contributed by atoms with van der Waals surface area (Å²) in [6, 6.07) is 7.80. The Bertz CT molecular complexity index is 196. The summed E-state index contributed by atoms with van der Waals surface area (Å²) in [4.78, 5) is 0. The second-order valence-corrected chi connectivity index (χ2v) is 1.86. The summed E-state index contributed by atoms with van der Waals surface area (Å²) < 4.78 is 0. The van der Waals surface area contributed by atoms with Gasteiger partial charge in [-0.2, -0.15) is 0 Å². The highest BCUT2D eigenvalue weighted by molar-refractivity contribution is 5.44. The molecule has 0 fully saturated rings. The van der Waals surface area contributed by atoms with Gasteiger partial charge in [0.05, 0.1) is 0 Å². The molecule has 1 aromatic rings. The first kappa shape index (κ1) is 8.44. The van der Waals surface area contributed by atoms with Crippen LogP contribution in [0.3, 0.4) is 0 Å². The number of hydrogen-bond donors (Lipinski definition) is 1. The molecule has 0 bridgehead atoms. The van der Waals surface area contributed by atoms with Gasteiger partial charge in [0.25, 0.3) is 0 Å². The molecule has 0 aliphatic heterocycles. The van der Waals surface area contributed by atoms with Crippen LogP contribution in [0.1, 0.15) is 5.56 Å². The van der Waals surface area contributed by atoms with E-state index in [2.05, 4.69) is 0 Å². The minimum Gasteiger partial charge on any atom is -0.399 e. The minimum absolute atomic E-state index is 0.868. The first-order valence-electron chi connectivity index (χ1n) is 2.82. The number of rotatable bonds is 0. The van der Waals surface area contributed by atoms with E-state index in [9.17, 15) is 0 Å². The normalized spacial score (nSPS) is 7.50. The van der Waals surface area contributed by atoms with E-state index in [1.165, 1.54) is 0 Å². The van der Waals surface area contributed by atoms with Crippen molar-refractivity contribution in [3.8, 4) is 0 Å². The third-order valence-corrected chi connectivity index (χ3v) is 1.19. The highest BCUT2D eigenvalue weighted by Crippen LogP contribution is 2.06. The Morgan fingerprint density at radius 2 is 1.70 bits per heavy atom. The molecule has 0 saturated carbocycles. The Balaban J connectivity index is 0.000000371. The highest BCUT2D eigenvalue weighted by atomic mass is 14.6. The van der Waals surface area contributed by atoms with Gasteiger partial charge in [0.1, 0.15) is 0 Å². The molecule has 0 amide bonds. The van der Waals surface area contributed by atoms with Gasteiger partial charge >= 0.3 is 0 Å². The maximum atomic E-state index is 6.00. The van der Waals surface area contributed by atoms with Crippen molar-refractivity contribution in [2.45, 2.75) is 6.92 Å². The first-order valence-corrected chi connectivity index (χ1v) is 2.82. The van der Waals surface area contributed by atoms with Crippen LogP contribution in [0.15, 0.2) is 24.3 Å². The van der Waals surface area contributed by atoms with Gasteiger partial charge in [0, 0.05) is 16.5 Å². The lowest BCUT2D eigenvalue weighted by Gasteiger charge is -1.93. The average Bonchev–Trinajstić information content (AvgIpc) is 2.00. The van der Waals surface area contributed by atoms with Gasteiger partial charge in [-0.1, -0.05) is 18.2 Å². The van der Waals surface area contributed by atoms with E-state index in [4.69, 9.17) is 16.5 Å². The molecule has 3 nitrogen and oxygen atoms in total. The summed E-state index contributed by atoms with van der Waals surface area (Å²) in [6.45, 7) is 2.00. The van der Waals surface area contributed by atoms with Crippen LogP contribution in [-0.4, -0.2) is 0 Å². The van der Waals surface area contributed by atoms with Crippen molar-refractivity contribution in [1.29, 1.82) is 10.8 Å². The third kappa shape index (κ3) is 2.14. The van der Waals surface area contributed by atoms with Gasteiger partial charge < -0.3 is 5.73 Å². The Labute approximate surface area is 59.9 Å². The molecule has 0 aromatic heterocycles. The Morgan fingerprint density at radius 1 is 1.20 bits per heavy atom. The number of hydrogen-bond acceptors (Lipinski definition) is 3. The number of nitrogen functional groups attached to an aromatic ring is 1. The van der Waals surface area contributed by atoms with Gasteiger partial charge in [0.2, 0.25) is 0 Å². The molecule has 52 valence electrons. The molecule has 2 N–H and O–H groups in total. The molecule has 1 aromatic carbocycles. The quantitative estimate of drug-likeness (QED) is 0.433. The Morgan fingerprint density at radius 3 is 2.00 bits per heavy atom. The molecule has 0 aliphatic rings. The summed E-state index contributed by atoms with van der Waals surface area (Å²) in [5, 5.41) is 12.0. The first-order chi connectivity index (χ1) is 4.80. The summed E-state index contributed by atoms with van der Waals surface area (Å²) in [5.41, 5.74) is 7.53. The molecule has 0 saturated heterocycles. The van der Waals surface area contributed by atoms with Gasteiger partial charge in [-0.15, -0.1) is 0 Å². The zero-order chi connectivity index (χ0) is 7.98. The maximum absolute atomic E-state index is 6.00. The van der Waals surface area contributed by atoms with Crippen LogP contribution in [0.4, 0.5) is 5.69 Å². The molecule has 3 heteroatoms. The smallest absolute Gasteiger partial charge is 0.0343 e. The minimum atomic E-state index is 0.868. The van der Waals surface area contributed by atoms with E-state index in [1.807, 2.05) is 31.2 Å². The van der Waals surface area contributed by atoms with Gasteiger partial charge in [0.15, 0.2) is 0 Å². The number of nitrogens with zero attached hydrogens (tertiary/aromatic N) is 2. The monoisotopic (exact) mass is 135 g/mol. The Hall–Kier alpha value is -1.56. The summed E-state index contributed by atoms with van der Waals surface area (Å²) in [6.07, 6.45) is 0. The van der Waals surface area contributed by atoms with Crippen molar-refractivity contribution in [2.75, 3.05) is 5.73 Å². The van der Waals surface area contributed by atoms with Crippen molar-refractivity contribution >= 4 is 5.69 Å². The van der Waals surface area contributed by atoms with Gasteiger partial charge in [-0.25, -0.2) is 0 Å². The molecular formula is C7H9N3. The van der Waals surface area contributed by atoms with E-state index < -0.39 is 0 Å². The number of para-hydroxylation sites is 1. The summed E-state index contributed by atoms with van der Waals surface area (Å²) >= 11 is 0. The summed E-state index contributed by atoms with van der Waals surface area (Å²) in [7, 11) is 0. The van der Waals surface area contributed by atoms with Crippen LogP contribution in [0.2, 0.25) is 0 Å². The lowest BCUT2D eigenvalue weighted by atomic mass is 10.2. The molecule has 0 atom stereocenters. The van der Waals surface area contributed by atoms with Gasteiger partial charge in [-0.3, -0.25) is 0 Å². The number of nitrogens with two attached hydrogens (primary N) is 1. The van der Waals surface area contributed by atoms with Crippen LogP contribution in [0.5, 0.6) is 0 Å². The predicted molar refractivity (Wildman–Crippen MR) is 39.0 cm³/mol. The van der Waals surface area contributed by atoms with Crippen molar-refractivity contribution in [3.05, 3.63) is 29.8 Å². The average molecular weight is 135 g/mol. The van der Waals surface area contributed by atoms with Crippen LogP contribution in [0.25, 0.3) is 0 Å². The molecule has 0 unspecified atom stereocenters. The predicted octanol–water partition coefficient (Wildman–Crippen LogP) is 1.61. The largest absolute Gasteiger partial charge is 0.399 e. The van der Waals surface area contributed by atoms with Crippen LogP contribution in [0, 0.1) is 17.7 Å². The van der Waals surface area contributed by atoms with Crippen LogP contribution >= 0.6 is 0 Å². The fourth-order valence-corrected chi connectivity index (χ4v) is 0.587. The van der Waals surface area contributed by atoms with Crippen molar-refractivity contribution in [2.24, 2.45) is 0 Å². The second-order valence-electron chi connectivity index (χ2n) is 1.86. The molecule has 1 rings (SSSR count). The van der Waals surface area contributed by atoms with E-state index in [1.54, 1.807) is 0 Å². The number of anilines is 1. The number of aryl methyl sites for hydroxylation is 1.